The van der Waals surface area contributed by atoms with E-state index in [4.69, 9.17) is 24.0 Å². The van der Waals surface area contributed by atoms with Gasteiger partial charge in [0.1, 0.15) is 18.3 Å². The lowest BCUT2D eigenvalue weighted by molar-refractivity contribution is -0.114. The Morgan fingerprint density at radius 1 is 1.39 bits per heavy atom. The number of amides is 1. The second-order valence-corrected chi connectivity index (χ2v) is 8.96. The van der Waals surface area contributed by atoms with Crippen LogP contribution in [-0.2, 0) is 27.7 Å². The Balaban J connectivity index is 1.38. The van der Waals surface area contributed by atoms with E-state index in [1.807, 2.05) is 0 Å². The molecule has 0 radical (unpaired) electrons. The fourth-order valence-electron chi connectivity index (χ4n) is 3.58. The summed E-state index contributed by atoms with van der Waals surface area (Å²) in [6, 6.07) is 3.55. The molecule has 3 aliphatic rings. The summed E-state index contributed by atoms with van der Waals surface area (Å²) in [5.74, 6) is -0.623. The SMILES string of the molecule is NC(=O)C1=CN([C@@H]2OC(COP3(=O)OCCC(c4cccnc4)O3)[C@@H](O)[C@H]2O)CC=C1. The normalized spacial score (nSPS) is 35.7. The summed E-state index contributed by atoms with van der Waals surface area (Å²) in [5.41, 5.74) is 6.28. The van der Waals surface area contributed by atoms with Gasteiger partial charge in [-0.25, -0.2) is 4.57 Å². The van der Waals surface area contributed by atoms with Crippen LogP contribution in [0.5, 0.6) is 0 Å². The fraction of sp³-hybridized carbons (Fsp3) is 0.474. The number of rotatable bonds is 6. The van der Waals surface area contributed by atoms with E-state index in [0.29, 0.717) is 13.0 Å². The number of carbonyl (C=O) groups excluding carboxylic acids is 1. The molecule has 1 aromatic rings. The molecule has 2 saturated heterocycles. The van der Waals surface area contributed by atoms with Gasteiger partial charge in [0, 0.05) is 31.6 Å². The summed E-state index contributed by atoms with van der Waals surface area (Å²) in [7, 11) is -3.91. The van der Waals surface area contributed by atoms with Gasteiger partial charge >= 0.3 is 7.82 Å². The van der Waals surface area contributed by atoms with Crippen molar-refractivity contribution < 1.29 is 37.9 Å². The van der Waals surface area contributed by atoms with E-state index in [1.165, 1.54) is 6.20 Å². The van der Waals surface area contributed by atoms with Gasteiger partial charge in [0.05, 0.1) is 24.9 Å². The van der Waals surface area contributed by atoms with Crippen molar-refractivity contribution in [3.05, 3.63) is 54.0 Å². The highest BCUT2D eigenvalue weighted by atomic mass is 31.2. The molecule has 3 aliphatic heterocycles. The smallest absolute Gasteiger partial charge is 0.387 e. The molecule has 4 heterocycles. The van der Waals surface area contributed by atoms with Crippen LogP contribution in [0, 0.1) is 0 Å². The van der Waals surface area contributed by atoms with Crippen LogP contribution in [-0.4, -0.2) is 70.3 Å². The van der Waals surface area contributed by atoms with Crippen LogP contribution in [0.15, 0.2) is 48.5 Å². The molecule has 11 nitrogen and oxygen atoms in total. The molecule has 0 spiro atoms. The number of hydrogen-bond donors (Lipinski definition) is 3. The van der Waals surface area contributed by atoms with E-state index in [9.17, 15) is 19.6 Å². The van der Waals surface area contributed by atoms with E-state index in [2.05, 4.69) is 4.98 Å². The zero-order valence-electron chi connectivity index (χ0n) is 16.5. The summed E-state index contributed by atoms with van der Waals surface area (Å²) in [4.78, 5) is 17.0. The summed E-state index contributed by atoms with van der Waals surface area (Å²) in [6.07, 6.45) is 3.40. The number of ether oxygens (including phenoxy) is 1. The minimum atomic E-state index is -3.91. The number of aromatic nitrogens is 1. The number of nitrogens with zero attached hydrogens (tertiary/aromatic N) is 2. The molecule has 168 valence electrons. The van der Waals surface area contributed by atoms with Gasteiger partial charge in [-0.05, 0) is 11.6 Å². The first-order valence-electron chi connectivity index (χ1n) is 9.79. The van der Waals surface area contributed by atoms with Crippen molar-refractivity contribution in [3.63, 3.8) is 0 Å². The quantitative estimate of drug-likeness (QED) is 0.515. The molecule has 6 atom stereocenters. The van der Waals surface area contributed by atoms with Gasteiger partial charge in [-0.15, -0.1) is 0 Å². The number of primary amides is 1. The third-order valence-corrected chi connectivity index (χ3v) is 6.68. The van der Waals surface area contributed by atoms with Crippen molar-refractivity contribution in [3.8, 4) is 0 Å². The molecular formula is C19H24N3O8P. The van der Waals surface area contributed by atoms with Crippen LogP contribution >= 0.6 is 7.82 Å². The highest BCUT2D eigenvalue weighted by molar-refractivity contribution is 7.48. The Kier molecular flexibility index (Phi) is 6.54. The second kappa shape index (κ2) is 9.17. The predicted octanol–water partition coefficient (Wildman–Crippen LogP) is 0.372. The molecule has 0 aromatic carbocycles. The van der Waals surface area contributed by atoms with Gasteiger partial charge in [0.2, 0.25) is 5.91 Å². The Morgan fingerprint density at radius 3 is 2.97 bits per heavy atom. The van der Waals surface area contributed by atoms with Crippen LogP contribution in [0.1, 0.15) is 18.1 Å². The average Bonchev–Trinajstić information content (AvgIpc) is 3.07. The number of carbonyl (C=O) groups is 1. The minimum absolute atomic E-state index is 0.164. The second-order valence-electron chi connectivity index (χ2n) is 7.34. The standard InChI is InChI=1S/C19H24N3O8P/c20-18(25)13-4-2-7-22(10-13)19-17(24)16(23)15(29-19)11-28-31(26)27-8-5-14(30-31)12-3-1-6-21-9-12/h1-4,6,9-10,14-17,19,23-24H,5,7-8,11H2,(H2,20,25)/t14?,15?,16-,17-,19-,31?/m1/s1. The number of aliphatic hydroxyl groups is 2. The molecule has 3 unspecified atom stereocenters. The highest BCUT2D eigenvalue weighted by Gasteiger charge is 2.47. The number of aliphatic hydroxyl groups excluding tert-OH is 2. The Hall–Kier alpha value is -2.11. The average molecular weight is 453 g/mol. The van der Waals surface area contributed by atoms with Crippen molar-refractivity contribution >= 4 is 13.7 Å². The molecular weight excluding hydrogens is 429 g/mol. The third-order valence-electron chi connectivity index (χ3n) is 5.21. The number of hydrogen-bond acceptors (Lipinski definition) is 10. The van der Waals surface area contributed by atoms with Crippen LogP contribution in [0.2, 0.25) is 0 Å². The first-order valence-corrected chi connectivity index (χ1v) is 11.3. The highest BCUT2D eigenvalue weighted by Crippen LogP contribution is 2.57. The minimum Gasteiger partial charge on any atom is -0.387 e. The van der Waals surface area contributed by atoms with Gasteiger partial charge in [-0.3, -0.25) is 23.3 Å². The number of nitrogens with two attached hydrogens (primary N) is 1. The number of phosphoric acid groups is 1. The zero-order chi connectivity index (χ0) is 22.0. The molecule has 4 N–H and O–H groups in total. The molecule has 12 heteroatoms. The third kappa shape index (κ3) is 4.88. The summed E-state index contributed by atoms with van der Waals surface area (Å²) in [6.45, 7) is 0.176. The van der Waals surface area contributed by atoms with E-state index in [1.54, 1.807) is 41.6 Å². The monoisotopic (exact) mass is 453 g/mol. The Morgan fingerprint density at radius 2 is 2.23 bits per heavy atom. The van der Waals surface area contributed by atoms with E-state index in [0.717, 1.165) is 5.56 Å². The summed E-state index contributed by atoms with van der Waals surface area (Å²) in [5, 5.41) is 20.8. The first kappa shape index (κ1) is 22.1. The molecule has 31 heavy (non-hydrogen) atoms. The maximum atomic E-state index is 12.9. The van der Waals surface area contributed by atoms with Gasteiger partial charge in [0.15, 0.2) is 6.23 Å². The van der Waals surface area contributed by atoms with E-state index in [-0.39, 0.29) is 18.8 Å². The predicted molar refractivity (Wildman–Crippen MR) is 106 cm³/mol. The van der Waals surface area contributed by atoms with Crippen LogP contribution in [0.4, 0.5) is 0 Å². The van der Waals surface area contributed by atoms with Gasteiger partial charge in [-0.1, -0.05) is 18.2 Å². The molecule has 0 saturated carbocycles. The van der Waals surface area contributed by atoms with Crippen molar-refractivity contribution in [2.45, 2.75) is 37.1 Å². The molecule has 0 bridgehead atoms. The van der Waals surface area contributed by atoms with Crippen LogP contribution in [0.3, 0.4) is 0 Å². The number of pyridine rings is 1. The zero-order valence-corrected chi connectivity index (χ0v) is 17.4. The molecule has 4 rings (SSSR count). The van der Waals surface area contributed by atoms with E-state index >= 15 is 0 Å². The fourth-order valence-corrected chi connectivity index (χ4v) is 4.97. The van der Waals surface area contributed by atoms with Gasteiger partial charge in [-0.2, -0.15) is 0 Å². The first-order chi connectivity index (χ1) is 14.9. The lowest BCUT2D eigenvalue weighted by Gasteiger charge is -2.31. The lowest BCUT2D eigenvalue weighted by Crippen LogP contribution is -2.42. The topological polar surface area (TPSA) is 154 Å². The van der Waals surface area contributed by atoms with Crippen LogP contribution in [0.25, 0.3) is 0 Å². The van der Waals surface area contributed by atoms with E-state index < -0.39 is 44.4 Å². The van der Waals surface area contributed by atoms with Gasteiger partial charge < -0.3 is 25.6 Å². The maximum absolute atomic E-state index is 12.9. The largest absolute Gasteiger partial charge is 0.475 e. The molecule has 1 amide bonds. The van der Waals surface area contributed by atoms with Gasteiger partial charge in [0.25, 0.3) is 0 Å². The lowest BCUT2D eigenvalue weighted by atomic mass is 10.1. The van der Waals surface area contributed by atoms with Crippen molar-refractivity contribution in [2.24, 2.45) is 5.73 Å². The Labute approximate surface area is 178 Å². The molecule has 0 aliphatic carbocycles. The molecule has 2 fully saturated rings. The van der Waals surface area contributed by atoms with Crippen LogP contribution < -0.4 is 5.73 Å². The van der Waals surface area contributed by atoms with Crippen molar-refractivity contribution in [1.29, 1.82) is 0 Å². The maximum Gasteiger partial charge on any atom is 0.475 e. The number of phosphoric ester groups is 1. The summed E-state index contributed by atoms with van der Waals surface area (Å²) < 4.78 is 34.8. The Bertz CT molecular complexity index is 911. The van der Waals surface area contributed by atoms with Crippen molar-refractivity contribution in [1.82, 2.24) is 9.88 Å². The van der Waals surface area contributed by atoms with Crippen molar-refractivity contribution in [2.75, 3.05) is 19.8 Å². The molecule has 1 aromatic heterocycles. The summed E-state index contributed by atoms with van der Waals surface area (Å²) >= 11 is 0.